The summed E-state index contributed by atoms with van der Waals surface area (Å²) in [5.74, 6) is 0.275. The van der Waals surface area contributed by atoms with Gasteiger partial charge in [-0.05, 0) is 24.6 Å². The van der Waals surface area contributed by atoms with Gasteiger partial charge in [0.05, 0.1) is 4.92 Å². The van der Waals surface area contributed by atoms with Crippen LogP contribution in [-0.2, 0) is 0 Å². The molecule has 0 amide bonds. The van der Waals surface area contributed by atoms with E-state index in [1.807, 2.05) is 0 Å². The lowest BCUT2D eigenvalue weighted by Crippen LogP contribution is -1.97. The van der Waals surface area contributed by atoms with Crippen molar-refractivity contribution in [1.29, 1.82) is 0 Å². The number of benzene rings is 1. The summed E-state index contributed by atoms with van der Waals surface area (Å²) in [6, 6.07) is 4.55. The highest BCUT2D eigenvalue weighted by Crippen LogP contribution is 2.36. The largest absolute Gasteiger partial charge is 0.431 e. The highest BCUT2D eigenvalue weighted by molar-refractivity contribution is 9.10. The first-order valence-corrected chi connectivity index (χ1v) is 6.25. The molecule has 0 unspecified atom stereocenters. The number of halogens is 2. The van der Waals surface area contributed by atoms with E-state index in [1.165, 1.54) is 18.3 Å². The summed E-state index contributed by atoms with van der Waals surface area (Å²) in [4.78, 5) is 18.0. The molecule has 0 spiro atoms. The van der Waals surface area contributed by atoms with Crippen LogP contribution in [0.5, 0.6) is 11.6 Å². The van der Waals surface area contributed by atoms with Crippen molar-refractivity contribution < 1.29 is 9.66 Å². The average molecular weight is 345 g/mol. The molecule has 8 heteroatoms. The minimum Gasteiger partial charge on any atom is -0.431 e. The molecule has 0 atom stereocenters. The number of rotatable bonds is 3. The van der Waals surface area contributed by atoms with Crippen molar-refractivity contribution in [2.24, 2.45) is 0 Å². The second kappa shape index (κ2) is 5.50. The molecule has 1 heterocycles. The number of hydrogen-bond acceptors (Lipinski definition) is 5. The number of ether oxygens (including phenoxy) is 1. The fourth-order valence-corrected chi connectivity index (χ4v) is 2.16. The Bertz CT molecular complexity index is 651. The average Bonchev–Trinajstić information content (AvgIpc) is 2.32. The summed E-state index contributed by atoms with van der Waals surface area (Å²) in [7, 11) is 0. The number of aromatic nitrogens is 2. The van der Waals surface area contributed by atoms with Crippen LogP contribution in [-0.4, -0.2) is 14.9 Å². The van der Waals surface area contributed by atoms with Crippen LogP contribution < -0.4 is 4.74 Å². The van der Waals surface area contributed by atoms with Gasteiger partial charge in [0.1, 0.15) is 0 Å². The lowest BCUT2D eigenvalue weighted by atomic mass is 10.2. The van der Waals surface area contributed by atoms with Crippen LogP contribution >= 0.6 is 27.5 Å². The van der Waals surface area contributed by atoms with E-state index in [0.717, 1.165) is 0 Å². The van der Waals surface area contributed by atoms with Crippen molar-refractivity contribution in [2.75, 3.05) is 0 Å². The van der Waals surface area contributed by atoms with Gasteiger partial charge in [-0.25, -0.2) is 4.98 Å². The van der Waals surface area contributed by atoms with Crippen molar-refractivity contribution in [3.8, 4) is 11.6 Å². The zero-order valence-electron chi connectivity index (χ0n) is 9.63. The fraction of sp³-hybridized carbons (Fsp3) is 0.0909. The molecule has 1 aromatic carbocycles. The second-order valence-corrected chi connectivity index (χ2v) is 4.85. The van der Waals surface area contributed by atoms with Gasteiger partial charge in [-0.2, -0.15) is 4.98 Å². The Kier molecular flexibility index (Phi) is 3.96. The molecule has 0 saturated carbocycles. The maximum Gasteiger partial charge on any atom is 0.313 e. The number of hydrogen-bond donors (Lipinski definition) is 0. The van der Waals surface area contributed by atoms with E-state index in [2.05, 4.69) is 25.9 Å². The minimum atomic E-state index is -0.518. The van der Waals surface area contributed by atoms with E-state index >= 15 is 0 Å². The highest BCUT2D eigenvalue weighted by atomic mass is 79.9. The van der Waals surface area contributed by atoms with Gasteiger partial charge in [-0.3, -0.25) is 10.1 Å². The molecule has 0 bridgehead atoms. The van der Waals surface area contributed by atoms with Crippen molar-refractivity contribution in [2.45, 2.75) is 6.92 Å². The minimum absolute atomic E-state index is 0.00918. The van der Waals surface area contributed by atoms with Crippen LogP contribution in [0.25, 0.3) is 0 Å². The van der Waals surface area contributed by atoms with Gasteiger partial charge in [0.2, 0.25) is 16.9 Å². The fourth-order valence-electron chi connectivity index (χ4n) is 1.46. The standard InChI is InChI=1S/C11H7BrClN3O3/c1-6-4-7(12)5-8(16(17)18)10(6)19-9-2-3-14-11(13)15-9/h2-5H,1H3. The van der Waals surface area contributed by atoms with E-state index < -0.39 is 4.92 Å². The van der Waals surface area contributed by atoms with Crippen molar-refractivity contribution in [3.63, 3.8) is 0 Å². The quantitative estimate of drug-likeness (QED) is 0.479. The zero-order chi connectivity index (χ0) is 14.0. The van der Waals surface area contributed by atoms with E-state index in [1.54, 1.807) is 13.0 Å². The van der Waals surface area contributed by atoms with Crippen LogP contribution in [0.15, 0.2) is 28.9 Å². The number of nitrogens with zero attached hydrogens (tertiary/aromatic N) is 3. The Morgan fingerprint density at radius 3 is 2.84 bits per heavy atom. The summed E-state index contributed by atoms with van der Waals surface area (Å²) in [5.41, 5.74) is 0.456. The monoisotopic (exact) mass is 343 g/mol. The Hall–Kier alpha value is -1.73. The predicted octanol–water partition coefficient (Wildman–Crippen LogP) is 3.90. The van der Waals surface area contributed by atoms with Crippen LogP contribution in [0.2, 0.25) is 5.28 Å². The molecule has 0 fully saturated rings. The van der Waals surface area contributed by atoms with Gasteiger partial charge in [0, 0.05) is 28.4 Å². The number of aryl methyl sites for hydroxylation is 1. The zero-order valence-corrected chi connectivity index (χ0v) is 12.0. The molecule has 98 valence electrons. The normalized spacial score (nSPS) is 10.3. The predicted molar refractivity (Wildman–Crippen MR) is 72.6 cm³/mol. The summed E-state index contributed by atoms with van der Waals surface area (Å²) >= 11 is 8.84. The van der Waals surface area contributed by atoms with Gasteiger partial charge in [0.15, 0.2) is 0 Å². The maximum atomic E-state index is 11.0. The molecule has 19 heavy (non-hydrogen) atoms. The van der Waals surface area contributed by atoms with Crippen LogP contribution in [0, 0.1) is 17.0 Å². The van der Waals surface area contributed by atoms with Gasteiger partial charge in [-0.15, -0.1) is 0 Å². The highest BCUT2D eigenvalue weighted by Gasteiger charge is 2.20. The molecule has 0 radical (unpaired) electrons. The Labute approximate surface area is 121 Å². The summed E-state index contributed by atoms with van der Waals surface area (Å²) < 4.78 is 6.04. The summed E-state index contributed by atoms with van der Waals surface area (Å²) in [6.07, 6.45) is 1.41. The number of nitro groups is 1. The molecular formula is C11H7BrClN3O3. The van der Waals surface area contributed by atoms with Crippen molar-refractivity contribution in [3.05, 3.63) is 49.8 Å². The third-order valence-electron chi connectivity index (χ3n) is 2.22. The number of nitro benzene ring substituents is 1. The molecule has 0 saturated heterocycles. The van der Waals surface area contributed by atoms with E-state index in [-0.39, 0.29) is 22.6 Å². The lowest BCUT2D eigenvalue weighted by molar-refractivity contribution is -0.385. The Balaban J connectivity index is 2.47. The molecular weight excluding hydrogens is 337 g/mol. The lowest BCUT2D eigenvalue weighted by Gasteiger charge is -2.08. The summed E-state index contributed by atoms with van der Waals surface area (Å²) in [5, 5.41) is 11.0. The smallest absolute Gasteiger partial charge is 0.313 e. The first-order chi connectivity index (χ1) is 8.97. The molecule has 0 aliphatic carbocycles. The molecule has 2 rings (SSSR count). The van der Waals surface area contributed by atoms with Gasteiger partial charge in [-0.1, -0.05) is 15.9 Å². The van der Waals surface area contributed by atoms with E-state index in [9.17, 15) is 10.1 Å². The SMILES string of the molecule is Cc1cc(Br)cc([N+](=O)[O-])c1Oc1ccnc(Cl)n1. The van der Waals surface area contributed by atoms with Crippen LogP contribution in [0.1, 0.15) is 5.56 Å². The Morgan fingerprint density at radius 2 is 2.21 bits per heavy atom. The topological polar surface area (TPSA) is 78.2 Å². The first-order valence-electron chi connectivity index (χ1n) is 5.08. The van der Waals surface area contributed by atoms with Crippen molar-refractivity contribution >= 4 is 33.2 Å². The van der Waals surface area contributed by atoms with Gasteiger partial charge < -0.3 is 4.74 Å². The Morgan fingerprint density at radius 1 is 1.47 bits per heavy atom. The van der Waals surface area contributed by atoms with E-state index in [4.69, 9.17) is 16.3 Å². The molecule has 0 N–H and O–H groups in total. The molecule has 1 aromatic heterocycles. The first kappa shape index (κ1) is 13.7. The van der Waals surface area contributed by atoms with Crippen molar-refractivity contribution in [1.82, 2.24) is 9.97 Å². The molecule has 0 aliphatic heterocycles. The summed E-state index contributed by atoms with van der Waals surface area (Å²) in [6.45, 7) is 1.70. The molecule has 6 nitrogen and oxygen atoms in total. The third kappa shape index (κ3) is 3.18. The molecule has 2 aromatic rings. The van der Waals surface area contributed by atoms with E-state index in [0.29, 0.717) is 10.0 Å². The molecule has 0 aliphatic rings. The maximum absolute atomic E-state index is 11.0. The van der Waals surface area contributed by atoms with Crippen LogP contribution in [0.4, 0.5) is 5.69 Å². The second-order valence-electron chi connectivity index (χ2n) is 3.59. The van der Waals surface area contributed by atoms with Crippen LogP contribution in [0.3, 0.4) is 0 Å². The third-order valence-corrected chi connectivity index (χ3v) is 2.86. The van der Waals surface area contributed by atoms with Gasteiger partial charge in [0.25, 0.3) is 0 Å². The van der Waals surface area contributed by atoms with Gasteiger partial charge >= 0.3 is 5.69 Å².